The van der Waals surface area contributed by atoms with Crippen molar-refractivity contribution in [3.8, 4) is 11.8 Å². The molecule has 9 rings (SSSR count). The Balaban J connectivity index is 0.730. The van der Waals surface area contributed by atoms with Gasteiger partial charge in [-0.25, -0.2) is 0 Å². The number of benzene rings is 3. The van der Waals surface area contributed by atoms with Gasteiger partial charge in [-0.1, -0.05) is 11.6 Å². The molecule has 0 aliphatic carbocycles. The van der Waals surface area contributed by atoms with Crippen molar-refractivity contribution in [3.63, 3.8) is 0 Å². The van der Waals surface area contributed by atoms with Crippen LogP contribution in [0.15, 0.2) is 60.7 Å². The molecular formula is C44H46ClN7O6. The number of imide groups is 2. The van der Waals surface area contributed by atoms with Gasteiger partial charge in [0.2, 0.25) is 11.8 Å². The van der Waals surface area contributed by atoms with Crippen molar-refractivity contribution in [2.24, 2.45) is 5.92 Å². The van der Waals surface area contributed by atoms with Crippen LogP contribution in [0.4, 0.5) is 11.4 Å². The van der Waals surface area contributed by atoms with Crippen molar-refractivity contribution in [1.82, 2.24) is 20.0 Å². The number of ether oxygens (including phenoxy) is 1. The Bertz CT molecular complexity index is 2180. The Morgan fingerprint density at radius 3 is 2.12 bits per heavy atom. The molecule has 6 heterocycles. The van der Waals surface area contributed by atoms with Crippen molar-refractivity contribution in [1.29, 1.82) is 5.26 Å². The third-order valence-electron chi connectivity index (χ3n) is 13.1. The molecule has 2 bridgehead atoms. The Hall–Kier alpha value is -5.45. The summed E-state index contributed by atoms with van der Waals surface area (Å²) in [6, 6.07) is 20.0. The number of amides is 5. The average molecular weight is 804 g/mol. The minimum Gasteiger partial charge on any atom is -0.490 e. The average Bonchev–Trinajstić information content (AvgIpc) is 3.65. The lowest BCUT2D eigenvalue weighted by Gasteiger charge is -2.40. The summed E-state index contributed by atoms with van der Waals surface area (Å²) in [6.07, 6.45) is 5.93. The number of nitriles is 1. The molecule has 1 unspecified atom stereocenters. The first-order valence-corrected chi connectivity index (χ1v) is 20.9. The van der Waals surface area contributed by atoms with E-state index in [4.69, 9.17) is 16.3 Å². The van der Waals surface area contributed by atoms with Gasteiger partial charge in [0.25, 0.3) is 17.7 Å². The van der Waals surface area contributed by atoms with E-state index in [-0.39, 0.29) is 36.9 Å². The maximum Gasteiger partial charge on any atom is 0.262 e. The number of nitrogens with zero attached hydrogens (tertiary/aromatic N) is 6. The molecule has 300 valence electrons. The topological polar surface area (TPSA) is 147 Å². The first kappa shape index (κ1) is 38.1. The molecule has 0 spiro atoms. The second-order valence-corrected chi connectivity index (χ2v) is 16.9. The highest BCUT2D eigenvalue weighted by Crippen LogP contribution is 2.39. The zero-order chi connectivity index (χ0) is 40.1. The Morgan fingerprint density at radius 2 is 1.45 bits per heavy atom. The molecule has 0 radical (unpaired) electrons. The molecule has 13 nitrogen and oxygen atoms in total. The van der Waals surface area contributed by atoms with E-state index in [0.717, 1.165) is 106 Å². The molecule has 3 aromatic rings. The highest BCUT2D eigenvalue weighted by atomic mass is 35.5. The zero-order valence-corrected chi connectivity index (χ0v) is 33.0. The van der Waals surface area contributed by atoms with Crippen LogP contribution in [0.2, 0.25) is 5.02 Å². The van der Waals surface area contributed by atoms with Crippen LogP contribution in [-0.4, -0.2) is 114 Å². The van der Waals surface area contributed by atoms with Gasteiger partial charge in [-0.2, -0.15) is 5.26 Å². The molecule has 0 aromatic heterocycles. The standard InChI is InChI=1S/C44H46ClN7O6/c45-38-24-34(9-3-29(38)25-46)58-35-21-32-6-7-33(22-35)51(32)42(55)28-1-4-30(5-2-28)49-15-13-27(14-16-49)26-48-17-19-50(20-18-48)31-8-10-36-37(23-31)44(57)52(43(36)56)39-11-12-40(53)47-41(39)54/h1-5,8-10,23-24,27,32-33,35,39H,6-7,11-22,26H2,(H,47,53,54)/t32-,33+,35+,39?. The van der Waals surface area contributed by atoms with Crippen LogP contribution in [0, 0.1) is 17.2 Å². The fraction of sp³-hybridized carbons (Fsp3) is 0.455. The van der Waals surface area contributed by atoms with E-state index < -0.39 is 29.7 Å². The van der Waals surface area contributed by atoms with E-state index in [0.29, 0.717) is 33.4 Å². The molecule has 3 aromatic carbocycles. The minimum atomic E-state index is -0.971. The van der Waals surface area contributed by atoms with E-state index in [1.807, 2.05) is 18.2 Å². The second-order valence-electron chi connectivity index (χ2n) is 16.5. The van der Waals surface area contributed by atoms with Crippen LogP contribution in [0.1, 0.15) is 88.0 Å². The monoisotopic (exact) mass is 803 g/mol. The van der Waals surface area contributed by atoms with Gasteiger partial charge < -0.3 is 19.4 Å². The molecular weight excluding hydrogens is 758 g/mol. The number of carbonyl (C=O) groups excluding carboxylic acids is 5. The van der Waals surface area contributed by atoms with Crippen LogP contribution < -0.4 is 19.9 Å². The smallest absolute Gasteiger partial charge is 0.262 e. The lowest BCUT2D eigenvalue weighted by molar-refractivity contribution is -0.136. The predicted octanol–water partition coefficient (Wildman–Crippen LogP) is 4.87. The summed E-state index contributed by atoms with van der Waals surface area (Å²) in [4.78, 5) is 74.6. The van der Waals surface area contributed by atoms with Crippen LogP contribution in [0.5, 0.6) is 5.75 Å². The van der Waals surface area contributed by atoms with Crippen molar-refractivity contribution in [2.45, 2.75) is 75.6 Å². The molecule has 58 heavy (non-hydrogen) atoms. The maximum atomic E-state index is 13.8. The molecule has 0 saturated carbocycles. The number of nitrogens with one attached hydrogen (secondary N) is 1. The summed E-state index contributed by atoms with van der Waals surface area (Å²) in [5, 5.41) is 11.8. The number of halogens is 1. The van der Waals surface area contributed by atoms with Crippen LogP contribution in [0.3, 0.4) is 0 Å². The summed E-state index contributed by atoms with van der Waals surface area (Å²) in [5.74, 6) is -0.617. The third kappa shape index (κ3) is 7.28. The van der Waals surface area contributed by atoms with E-state index in [9.17, 15) is 29.2 Å². The van der Waals surface area contributed by atoms with Crippen molar-refractivity contribution >= 4 is 52.5 Å². The zero-order valence-electron chi connectivity index (χ0n) is 32.3. The minimum absolute atomic E-state index is 0.000913. The lowest BCUT2D eigenvalue weighted by Crippen LogP contribution is -2.54. The van der Waals surface area contributed by atoms with Gasteiger partial charge in [-0.15, -0.1) is 0 Å². The molecule has 6 aliphatic heterocycles. The summed E-state index contributed by atoms with van der Waals surface area (Å²) in [7, 11) is 0. The highest BCUT2D eigenvalue weighted by Gasteiger charge is 2.46. The van der Waals surface area contributed by atoms with Gasteiger partial charge in [0.15, 0.2) is 0 Å². The van der Waals surface area contributed by atoms with E-state index in [1.165, 1.54) is 0 Å². The van der Waals surface area contributed by atoms with E-state index in [2.05, 4.69) is 43.1 Å². The van der Waals surface area contributed by atoms with Gasteiger partial charge in [-0.05, 0) is 92.6 Å². The van der Waals surface area contributed by atoms with Crippen molar-refractivity contribution in [2.75, 3.05) is 55.6 Å². The van der Waals surface area contributed by atoms with Crippen LogP contribution in [-0.2, 0) is 9.59 Å². The SMILES string of the molecule is N#Cc1ccc(O[C@H]2C[C@H]3CC[C@@H](C2)N3C(=O)c2ccc(N3CCC(CN4CCN(c5ccc6c(c5)C(=O)N(C5CCC(=O)NC5=O)C6=O)CC4)CC3)cc2)cc1Cl. The normalized spacial score (nSPS) is 25.2. The van der Waals surface area contributed by atoms with Gasteiger partial charge in [0.05, 0.1) is 21.7 Å². The molecule has 5 amide bonds. The summed E-state index contributed by atoms with van der Waals surface area (Å²) >= 11 is 6.22. The lowest BCUT2D eigenvalue weighted by atomic mass is 9.95. The molecule has 5 saturated heterocycles. The number of carbonyl (C=O) groups is 5. The second kappa shape index (κ2) is 15.7. The van der Waals surface area contributed by atoms with Crippen molar-refractivity contribution < 1.29 is 28.7 Å². The van der Waals surface area contributed by atoms with Crippen LogP contribution in [0.25, 0.3) is 0 Å². The number of hydrogen-bond acceptors (Lipinski definition) is 10. The highest BCUT2D eigenvalue weighted by molar-refractivity contribution is 6.31. The van der Waals surface area contributed by atoms with Crippen molar-refractivity contribution in [3.05, 3.63) is 87.9 Å². The third-order valence-corrected chi connectivity index (χ3v) is 13.4. The number of fused-ring (bicyclic) bond motifs is 3. The number of hydrogen-bond donors (Lipinski definition) is 1. The Morgan fingerprint density at radius 1 is 0.776 bits per heavy atom. The molecule has 4 atom stereocenters. The fourth-order valence-electron chi connectivity index (χ4n) is 9.95. The van der Waals surface area contributed by atoms with E-state index in [1.54, 1.807) is 30.3 Å². The molecule has 5 fully saturated rings. The fourth-order valence-corrected chi connectivity index (χ4v) is 10.2. The van der Waals surface area contributed by atoms with Gasteiger partial charge in [-0.3, -0.25) is 39.1 Å². The van der Waals surface area contributed by atoms with Gasteiger partial charge in [0.1, 0.15) is 24.0 Å². The number of piperazine rings is 1. The first-order chi connectivity index (χ1) is 28.1. The Kier molecular flexibility index (Phi) is 10.3. The molecule has 1 N–H and O–H groups in total. The first-order valence-electron chi connectivity index (χ1n) is 20.5. The van der Waals surface area contributed by atoms with E-state index >= 15 is 0 Å². The summed E-state index contributed by atoms with van der Waals surface area (Å²) in [5.41, 5.74) is 3.79. The molecule has 6 aliphatic rings. The quantitative estimate of drug-likeness (QED) is 0.313. The Labute approximate surface area is 342 Å². The molecule has 14 heteroatoms. The number of piperidine rings is 3. The summed E-state index contributed by atoms with van der Waals surface area (Å²) < 4.78 is 6.27. The number of anilines is 2. The maximum absolute atomic E-state index is 13.8. The van der Waals surface area contributed by atoms with Crippen LogP contribution >= 0.6 is 11.6 Å². The van der Waals surface area contributed by atoms with Gasteiger partial charge in [0, 0.05) is 100 Å². The summed E-state index contributed by atoms with van der Waals surface area (Å²) in [6.45, 7) is 6.40. The predicted molar refractivity (Wildman–Crippen MR) is 216 cm³/mol. The largest absolute Gasteiger partial charge is 0.490 e. The van der Waals surface area contributed by atoms with Gasteiger partial charge >= 0.3 is 0 Å². The number of rotatable bonds is 8.